The van der Waals surface area contributed by atoms with E-state index in [2.05, 4.69) is 200 Å². The van der Waals surface area contributed by atoms with Crippen LogP contribution < -0.4 is 9.80 Å². The van der Waals surface area contributed by atoms with Gasteiger partial charge in [-0.2, -0.15) is 0 Å². The lowest BCUT2D eigenvalue weighted by atomic mass is 9.75. The molecule has 0 fully saturated rings. The predicted molar refractivity (Wildman–Crippen MR) is 210 cm³/mol. The van der Waals surface area contributed by atoms with Gasteiger partial charge in [0.1, 0.15) is 0 Å². The van der Waals surface area contributed by atoms with Crippen LogP contribution in [0.3, 0.4) is 0 Å². The van der Waals surface area contributed by atoms with Crippen molar-refractivity contribution in [1.29, 1.82) is 0 Å². The Hall–Kier alpha value is -5.51. The van der Waals surface area contributed by atoms with Crippen molar-refractivity contribution in [3.63, 3.8) is 0 Å². The second-order valence-electron chi connectivity index (χ2n) is 13.1. The molecule has 2 aliphatic rings. The largest absolute Gasteiger partial charge is 0.310 e. The summed E-state index contributed by atoms with van der Waals surface area (Å²) < 4.78 is 0. The van der Waals surface area contributed by atoms with Crippen molar-refractivity contribution >= 4 is 45.9 Å². The van der Waals surface area contributed by atoms with Crippen molar-refractivity contribution in [3.8, 4) is 11.1 Å². The van der Waals surface area contributed by atoms with Crippen LogP contribution in [0.1, 0.15) is 25.0 Å². The van der Waals surface area contributed by atoms with E-state index < -0.39 is 0 Å². The molecule has 49 heavy (non-hydrogen) atoms. The Morgan fingerprint density at radius 1 is 0.612 bits per heavy atom. The van der Waals surface area contributed by atoms with Gasteiger partial charge in [0.25, 0.3) is 0 Å². The number of benzene rings is 6. The van der Waals surface area contributed by atoms with Gasteiger partial charge in [-0.3, -0.25) is 0 Å². The van der Waals surface area contributed by atoms with Crippen LogP contribution in [-0.4, -0.2) is 0 Å². The van der Waals surface area contributed by atoms with Crippen molar-refractivity contribution in [1.82, 2.24) is 0 Å². The standard InChI is InChI=1S/C46H38N2S/c1-33-15-7-4-8-16-35-25-29-40(32-41(35)46(33,2)3)47(37-17-9-5-10-18-37)39-27-23-34(24-28-39)36-26-30-43-45(31-36)49-44-22-14-13-21-42(44)48(43)38-19-11-6-12-20-38/h4-15,17-32H,1,16H2,2-3H3/b8-4-,15-7-. The summed E-state index contributed by atoms with van der Waals surface area (Å²) in [6.07, 6.45) is 9.50. The first-order chi connectivity index (χ1) is 24.0. The molecule has 3 heteroatoms. The monoisotopic (exact) mass is 650 g/mol. The third-order valence-corrected chi connectivity index (χ3v) is 10.8. The summed E-state index contributed by atoms with van der Waals surface area (Å²) in [5.74, 6) is 0. The van der Waals surface area contributed by atoms with Crippen LogP contribution in [0.15, 0.2) is 192 Å². The van der Waals surface area contributed by atoms with Gasteiger partial charge in [-0.25, -0.2) is 0 Å². The number of rotatable bonds is 5. The summed E-state index contributed by atoms with van der Waals surface area (Å²) in [5, 5.41) is 0. The molecule has 1 heterocycles. The van der Waals surface area contributed by atoms with Crippen molar-refractivity contribution in [2.24, 2.45) is 0 Å². The second kappa shape index (κ2) is 12.8. The highest BCUT2D eigenvalue weighted by molar-refractivity contribution is 7.99. The van der Waals surface area contributed by atoms with Crippen molar-refractivity contribution < 1.29 is 0 Å². The van der Waals surface area contributed by atoms with Crippen LogP contribution in [0.2, 0.25) is 0 Å². The molecule has 1 aliphatic heterocycles. The van der Waals surface area contributed by atoms with Gasteiger partial charge in [-0.05, 0) is 107 Å². The second-order valence-corrected chi connectivity index (χ2v) is 14.2. The molecule has 0 saturated carbocycles. The number of allylic oxidation sites excluding steroid dienone is 5. The maximum absolute atomic E-state index is 4.46. The third kappa shape index (κ3) is 5.81. The normalized spacial score (nSPS) is 15.9. The lowest BCUT2D eigenvalue weighted by Crippen LogP contribution is -2.21. The summed E-state index contributed by atoms with van der Waals surface area (Å²) in [5.41, 5.74) is 12.9. The maximum atomic E-state index is 4.46. The van der Waals surface area contributed by atoms with E-state index in [1.165, 1.54) is 49.1 Å². The first kappa shape index (κ1) is 30.8. The number of para-hydroxylation sites is 3. The highest BCUT2D eigenvalue weighted by atomic mass is 32.2. The molecule has 8 rings (SSSR count). The Bertz CT molecular complexity index is 2210. The summed E-state index contributed by atoms with van der Waals surface area (Å²) in [7, 11) is 0. The number of nitrogens with zero attached hydrogens (tertiary/aromatic N) is 2. The van der Waals surface area contributed by atoms with Crippen LogP contribution >= 0.6 is 11.8 Å². The van der Waals surface area contributed by atoms with Crippen LogP contribution in [0, 0.1) is 0 Å². The number of hydrogen-bond donors (Lipinski definition) is 0. The zero-order chi connectivity index (χ0) is 33.4. The smallest absolute Gasteiger partial charge is 0.0602 e. The minimum atomic E-state index is -0.207. The van der Waals surface area contributed by atoms with Crippen LogP contribution in [0.5, 0.6) is 0 Å². The molecule has 0 saturated heterocycles. The first-order valence-electron chi connectivity index (χ1n) is 16.9. The topological polar surface area (TPSA) is 6.48 Å². The number of anilines is 6. The molecule has 6 aromatic carbocycles. The van der Waals surface area contributed by atoms with E-state index in [9.17, 15) is 0 Å². The van der Waals surface area contributed by atoms with Crippen LogP contribution in [0.25, 0.3) is 11.1 Å². The molecule has 0 N–H and O–H groups in total. The van der Waals surface area contributed by atoms with Crippen molar-refractivity contribution in [3.05, 3.63) is 193 Å². The minimum Gasteiger partial charge on any atom is -0.310 e. The van der Waals surface area contributed by atoms with Crippen molar-refractivity contribution in [2.75, 3.05) is 9.80 Å². The highest BCUT2D eigenvalue weighted by Crippen LogP contribution is 2.52. The van der Waals surface area contributed by atoms with Gasteiger partial charge in [0, 0.05) is 38.0 Å². The van der Waals surface area contributed by atoms with Gasteiger partial charge in [0.05, 0.1) is 11.4 Å². The SMILES string of the molecule is C=C1/C=C\C=C/Cc2ccc(N(c3ccccc3)c3ccc(-c4ccc5c(c4)Sc4ccccc4N5c4ccccc4)cc3)cc2C1(C)C. The summed E-state index contributed by atoms with van der Waals surface area (Å²) in [4.78, 5) is 7.24. The molecule has 0 aromatic heterocycles. The van der Waals surface area contributed by atoms with E-state index >= 15 is 0 Å². The lowest BCUT2D eigenvalue weighted by Gasteiger charge is -2.33. The van der Waals surface area contributed by atoms with Gasteiger partial charge in [0.2, 0.25) is 0 Å². The molecule has 6 aromatic rings. The Balaban J connectivity index is 1.17. The molecular weight excluding hydrogens is 613 g/mol. The van der Waals surface area contributed by atoms with Crippen LogP contribution in [-0.2, 0) is 11.8 Å². The fourth-order valence-corrected chi connectivity index (χ4v) is 8.01. The van der Waals surface area contributed by atoms with Gasteiger partial charge in [-0.15, -0.1) is 0 Å². The third-order valence-electron chi connectivity index (χ3n) is 9.72. The van der Waals surface area contributed by atoms with E-state index in [0.717, 1.165) is 29.1 Å². The predicted octanol–water partition coefficient (Wildman–Crippen LogP) is 13.3. The fourth-order valence-electron chi connectivity index (χ4n) is 6.91. The van der Waals surface area contributed by atoms with Crippen LogP contribution in [0.4, 0.5) is 34.1 Å². The Morgan fingerprint density at radius 3 is 2.06 bits per heavy atom. The van der Waals surface area contributed by atoms with Gasteiger partial charge < -0.3 is 9.80 Å². The van der Waals surface area contributed by atoms with Gasteiger partial charge >= 0.3 is 0 Å². The zero-order valence-corrected chi connectivity index (χ0v) is 28.7. The minimum absolute atomic E-state index is 0.207. The van der Waals surface area contributed by atoms with Crippen molar-refractivity contribution in [2.45, 2.75) is 35.5 Å². The molecule has 0 amide bonds. The number of fused-ring (bicyclic) bond motifs is 3. The lowest BCUT2D eigenvalue weighted by molar-refractivity contribution is 0.635. The van der Waals surface area contributed by atoms with E-state index in [0.29, 0.717) is 0 Å². The zero-order valence-electron chi connectivity index (χ0n) is 27.9. The molecule has 0 bridgehead atoms. The summed E-state index contributed by atoms with van der Waals surface area (Å²) in [6, 6.07) is 52.8. The van der Waals surface area contributed by atoms with E-state index in [-0.39, 0.29) is 5.41 Å². The molecule has 0 atom stereocenters. The fraction of sp³-hybridized carbons (Fsp3) is 0.0870. The summed E-state index contributed by atoms with van der Waals surface area (Å²) >= 11 is 1.84. The molecule has 0 unspecified atom stereocenters. The first-order valence-corrected chi connectivity index (χ1v) is 17.7. The number of hydrogen-bond acceptors (Lipinski definition) is 3. The molecule has 0 spiro atoms. The van der Waals surface area contributed by atoms with Gasteiger partial charge in [-0.1, -0.05) is 129 Å². The Kier molecular flexibility index (Phi) is 8.07. The van der Waals surface area contributed by atoms with Gasteiger partial charge in [0.15, 0.2) is 0 Å². The Labute approximate surface area is 294 Å². The average molecular weight is 651 g/mol. The molecule has 0 radical (unpaired) electrons. The molecule has 2 nitrogen and oxygen atoms in total. The van der Waals surface area contributed by atoms with E-state index in [4.69, 9.17) is 0 Å². The quantitative estimate of drug-likeness (QED) is 0.183. The molecule has 1 aliphatic carbocycles. The average Bonchev–Trinajstić information content (AvgIpc) is 3.19. The molecular formula is C46H38N2S. The van der Waals surface area contributed by atoms with E-state index in [1.54, 1.807) is 0 Å². The molecule has 238 valence electrons. The summed E-state index contributed by atoms with van der Waals surface area (Å²) in [6.45, 7) is 9.02. The Morgan fingerprint density at radius 2 is 1.27 bits per heavy atom. The highest BCUT2D eigenvalue weighted by Gasteiger charge is 2.28. The maximum Gasteiger partial charge on any atom is 0.0602 e. The van der Waals surface area contributed by atoms with E-state index in [1.807, 2.05) is 11.8 Å².